The third-order valence-corrected chi connectivity index (χ3v) is 10.8. The number of nitrogens with zero attached hydrogens (tertiary/aromatic N) is 3. The van der Waals surface area contributed by atoms with Crippen LogP contribution in [0.3, 0.4) is 0 Å². The first-order chi connectivity index (χ1) is 22.3. The van der Waals surface area contributed by atoms with E-state index in [1.54, 1.807) is 0 Å². The maximum absolute atomic E-state index is 5.08. The van der Waals surface area contributed by atoms with E-state index >= 15 is 0 Å². The standard InChI is InChI=1S/C43H33N3/c1-42(2)33-15-9-8-14-29(33)30-24-32-31-22-26(18-20-37(31)45(40(32)25-34(30)42)28-12-6-5-7-13-28)27-19-21-38-35(23-27)43(3,4)41-44-36-16-10-11-17-39(36)46(38)41/h5-25H,1-4H3. The van der Waals surface area contributed by atoms with Gasteiger partial charge in [-0.2, -0.15) is 0 Å². The average molecular weight is 592 g/mol. The largest absolute Gasteiger partial charge is 0.309 e. The number of benzene rings is 6. The molecule has 3 heterocycles. The Hall–Kier alpha value is -5.41. The van der Waals surface area contributed by atoms with Gasteiger partial charge in [0.05, 0.1) is 33.2 Å². The van der Waals surface area contributed by atoms with Crippen LogP contribution < -0.4 is 0 Å². The number of hydrogen-bond donors (Lipinski definition) is 0. The van der Waals surface area contributed by atoms with Crippen molar-refractivity contribution in [1.29, 1.82) is 0 Å². The van der Waals surface area contributed by atoms with E-state index in [0.717, 1.165) is 11.3 Å². The van der Waals surface area contributed by atoms with Crippen LogP contribution in [0.1, 0.15) is 50.2 Å². The summed E-state index contributed by atoms with van der Waals surface area (Å²) in [5.74, 6) is 1.11. The maximum Gasteiger partial charge on any atom is 0.124 e. The Kier molecular flexibility index (Phi) is 4.86. The Morgan fingerprint density at radius 3 is 2.07 bits per heavy atom. The van der Waals surface area contributed by atoms with Crippen LogP contribution in [0.4, 0.5) is 0 Å². The number of hydrogen-bond acceptors (Lipinski definition) is 1. The van der Waals surface area contributed by atoms with Gasteiger partial charge in [-0.1, -0.05) is 80.6 Å². The summed E-state index contributed by atoms with van der Waals surface area (Å²) in [6, 6.07) is 47.1. The van der Waals surface area contributed by atoms with E-state index in [-0.39, 0.29) is 10.8 Å². The van der Waals surface area contributed by atoms with Crippen molar-refractivity contribution in [3.05, 3.63) is 150 Å². The molecule has 8 aromatic rings. The van der Waals surface area contributed by atoms with Gasteiger partial charge in [-0.3, -0.25) is 4.57 Å². The van der Waals surface area contributed by atoms with E-state index in [4.69, 9.17) is 4.98 Å². The molecule has 0 saturated heterocycles. The minimum atomic E-state index is -0.196. The monoisotopic (exact) mass is 591 g/mol. The van der Waals surface area contributed by atoms with Gasteiger partial charge in [0.15, 0.2) is 0 Å². The summed E-state index contributed by atoms with van der Waals surface area (Å²) in [4.78, 5) is 5.08. The number of rotatable bonds is 2. The predicted octanol–water partition coefficient (Wildman–Crippen LogP) is 10.7. The molecule has 0 bridgehead atoms. The second kappa shape index (κ2) is 8.64. The van der Waals surface area contributed by atoms with Crippen molar-refractivity contribution in [2.75, 3.05) is 0 Å². The molecule has 0 amide bonds. The van der Waals surface area contributed by atoms with E-state index < -0.39 is 0 Å². The zero-order chi connectivity index (χ0) is 30.9. The van der Waals surface area contributed by atoms with Crippen molar-refractivity contribution >= 4 is 32.8 Å². The van der Waals surface area contributed by atoms with Gasteiger partial charge in [-0.25, -0.2) is 4.98 Å². The molecule has 3 heteroatoms. The van der Waals surface area contributed by atoms with Crippen LogP contribution in [0.2, 0.25) is 0 Å². The predicted molar refractivity (Wildman–Crippen MR) is 191 cm³/mol. The van der Waals surface area contributed by atoms with Crippen molar-refractivity contribution in [3.63, 3.8) is 0 Å². The van der Waals surface area contributed by atoms with Crippen LogP contribution in [-0.2, 0) is 10.8 Å². The van der Waals surface area contributed by atoms with E-state index in [1.807, 2.05) is 0 Å². The van der Waals surface area contributed by atoms with Crippen molar-refractivity contribution in [1.82, 2.24) is 14.1 Å². The van der Waals surface area contributed by atoms with Gasteiger partial charge >= 0.3 is 0 Å². The topological polar surface area (TPSA) is 22.8 Å². The number of fused-ring (bicyclic) bond motifs is 11. The quantitative estimate of drug-likeness (QED) is 0.196. The highest BCUT2D eigenvalue weighted by Crippen LogP contribution is 2.51. The molecule has 3 nitrogen and oxygen atoms in total. The highest BCUT2D eigenvalue weighted by atomic mass is 15.1. The minimum absolute atomic E-state index is 0.0560. The van der Waals surface area contributed by atoms with E-state index in [2.05, 4.69) is 164 Å². The van der Waals surface area contributed by atoms with E-state index in [1.165, 1.54) is 77.6 Å². The zero-order valence-corrected chi connectivity index (χ0v) is 26.5. The molecule has 0 saturated carbocycles. The molecular formula is C43H33N3. The molecule has 0 N–H and O–H groups in total. The minimum Gasteiger partial charge on any atom is -0.309 e. The highest BCUT2D eigenvalue weighted by Gasteiger charge is 2.39. The average Bonchev–Trinajstić information content (AvgIpc) is 3.75. The number of aromatic nitrogens is 3. The molecule has 10 rings (SSSR count). The molecule has 1 aliphatic carbocycles. The summed E-state index contributed by atoms with van der Waals surface area (Å²) in [6.07, 6.45) is 0. The first-order valence-electron chi connectivity index (χ1n) is 16.2. The fourth-order valence-electron chi connectivity index (χ4n) is 8.47. The molecule has 46 heavy (non-hydrogen) atoms. The lowest BCUT2D eigenvalue weighted by Crippen LogP contribution is -2.16. The molecule has 0 spiro atoms. The van der Waals surface area contributed by atoms with Crippen molar-refractivity contribution < 1.29 is 0 Å². The SMILES string of the molecule is CC1(C)c2ccccc2-c2cc3c4cc(-c5ccc6c(c5)C(C)(C)c5nc7ccccc7n5-6)ccc4n(-c4ccccc4)c3cc21. The van der Waals surface area contributed by atoms with Crippen molar-refractivity contribution in [2.24, 2.45) is 0 Å². The molecule has 0 fully saturated rings. The Bertz CT molecular complexity index is 2580. The number of imidazole rings is 1. The van der Waals surface area contributed by atoms with E-state index in [0.29, 0.717) is 0 Å². The molecule has 6 aromatic carbocycles. The van der Waals surface area contributed by atoms with Gasteiger partial charge in [-0.05, 0) is 113 Å². The smallest absolute Gasteiger partial charge is 0.124 e. The van der Waals surface area contributed by atoms with E-state index in [9.17, 15) is 0 Å². The lowest BCUT2D eigenvalue weighted by atomic mass is 9.82. The zero-order valence-electron chi connectivity index (χ0n) is 26.5. The number of para-hydroxylation sites is 3. The lowest BCUT2D eigenvalue weighted by Gasteiger charge is -2.21. The molecule has 0 radical (unpaired) electrons. The van der Waals surface area contributed by atoms with Gasteiger partial charge in [0.1, 0.15) is 5.82 Å². The molecule has 2 aromatic heterocycles. The van der Waals surface area contributed by atoms with Crippen LogP contribution >= 0.6 is 0 Å². The molecule has 1 aliphatic heterocycles. The maximum atomic E-state index is 5.08. The normalized spacial score (nSPS) is 15.3. The highest BCUT2D eigenvalue weighted by molar-refractivity contribution is 6.12. The third kappa shape index (κ3) is 3.20. The Balaban J connectivity index is 1.21. The van der Waals surface area contributed by atoms with Crippen LogP contribution in [0.15, 0.2) is 127 Å². The fourth-order valence-corrected chi connectivity index (χ4v) is 8.47. The second-order valence-corrected chi connectivity index (χ2v) is 14.1. The first kappa shape index (κ1) is 25.9. The van der Waals surface area contributed by atoms with Crippen LogP contribution in [-0.4, -0.2) is 14.1 Å². The summed E-state index contributed by atoms with van der Waals surface area (Å²) < 4.78 is 4.80. The van der Waals surface area contributed by atoms with Crippen LogP contribution in [0, 0.1) is 0 Å². The van der Waals surface area contributed by atoms with Gasteiger partial charge in [0.25, 0.3) is 0 Å². The Morgan fingerprint density at radius 2 is 1.20 bits per heavy atom. The van der Waals surface area contributed by atoms with Crippen molar-refractivity contribution in [3.8, 4) is 33.6 Å². The summed E-state index contributed by atoms with van der Waals surface area (Å²) >= 11 is 0. The second-order valence-electron chi connectivity index (χ2n) is 14.1. The Labute approximate surface area is 268 Å². The third-order valence-electron chi connectivity index (χ3n) is 10.8. The van der Waals surface area contributed by atoms with Gasteiger partial charge in [0.2, 0.25) is 0 Å². The summed E-state index contributed by atoms with van der Waals surface area (Å²) in [6.45, 7) is 9.33. The van der Waals surface area contributed by atoms with Crippen molar-refractivity contribution in [2.45, 2.75) is 38.5 Å². The molecular weight excluding hydrogens is 558 g/mol. The van der Waals surface area contributed by atoms with Gasteiger partial charge < -0.3 is 4.57 Å². The summed E-state index contributed by atoms with van der Waals surface area (Å²) in [7, 11) is 0. The molecule has 220 valence electrons. The van der Waals surface area contributed by atoms with Gasteiger partial charge in [-0.15, -0.1) is 0 Å². The van der Waals surface area contributed by atoms with Crippen LogP contribution in [0.25, 0.3) is 66.5 Å². The molecule has 0 atom stereocenters. The first-order valence-corrected chi connectivity index (χ1v) is 16.2. The fraction of sp³-hybridized carbons (Fsp3) is 0.140. The van der Waals surface area contributed by atoms with Gasteiger partial charge in [0, 0.05) is 21.9 Å². The summed E-state index contributed by atoms with van der Waals surface area (Å²) in [5.41, 5.74) is 16.2. The molecule has 0 unspecified atom stereocenters. The molecule has 2 aliphatic rings. The summed E-state index contributed by atoms with van der Waals surface area (Å²) in [5, 5.41) is 2.57. The van der Waals surface area contributed by atoms with Crippen LogP contribution in [0.5, 0.6) is 0 Å². The lowest BCUT2D eigenvalue weighted by molar-refractivity contribution is 0.621. The Morgan fingerprint density at radius 1 is 0.478 bits per heavy atom.